The molecule has 0 aromatic heterocycles. The average molecular weight is 325 g/mol. The number of para-hydroxylation sites is 1. The monoisotopic (exact) mass is 324 g/mol. The number of phenols is 1. The number of halogens is 2. The Balaban J connectivity index is 2.34. The molecule has 98 valence electrons. The lowest BCUT2D eigenvalue weighted by molar-refractivity contribution is 0.102. The number of amides is 1. The van der Waals surface area contributed by atoms with Gasteiger partial charge in [-0.1, -0.05) is 22.0 Å². The van der Waals surface area contributed by atoms with Crippen molar-refractivity contribution in [3.63, 3.8) is 0 Å². The van der Waals surface area contributed by atoms with Gasteiger partial charge in [-0.25, -0.2) is 4.39 Å². The summed E-state index contributed by atoms with van der Waals surface area (Å²) in [7, 11) is 0. The van der Waals surface area contributed by atoms with Crippen LogP contribution in [0.5, 0.6) is 5.75 Å². The number of rotatable bonds is 2. The zero-order valence-corrected chi connectivity index (χ0v) is 11.2. The Morgan fingerprint density at radius 3 is 2.74 bits per heavy atom. The van der Waals surface area contributed by atoms with Crippen LogP contribution in [0.1, 0.15) is 10.4 Å². The van der Waals surface area contributed by atoms with Crippen molar-refractivity contribution in [1.82, 2.24) is 0 Å². The number of benzene rings is 2. The van der Waals surface area contributed by atoms with Gasteiger partial charge in [-0.2, -0.15) is 0 Å². The van der Waals surface area contributed by atoms with E-state index in [0.717, 1.165) is 0 Å². The number of hydrogen-bond acceptors (Lipinski definition) is 3. The molecule has 0 radical (unpaired) electrons. The molecule has 2 aromatic rings. The van der Waals surface area contributed by atoms with Crippen LogP contribution in [-0.4, -0.2) is 11.0 Å². The molecule has 19 heavy (non-hydrogen) atoms. The quantitative estimate of drug-likeness (QED) is 0.743. The van der Waals surface area contributed by atoms with E-state index in [4.69, 9.17) is 5.73 Å². The Morgan fingerprint density at radius 1 is 1.32 bits per heavy atom. The molecule has 0 spiro atoms. The summed E-state index contributed by atoms with van der Waals surface area (Å²) in [5.74, 6) is -1.48. The van der Waals surface area contributed by atoms with Crippen LogP contribution in [0.3, 0.4) is 0 Å². The minimum absolute atomic E-state index is 0.0250. The van der Waals surface area contributed by atoms with Crippen molar-refractivity contribution in [2.45, 2.75) is 0 Å². The zero-order valence-electron chi connectivity index (χ0n) is 9.65. The molecule has 0 saturated heterocycles. The fourth-order valence-electron chi connectivity index (χ4n) is 1.54. The highest BCUT2D eigenvalue weighted by Gasteiger charge is 2.15. The van der Waals surface area contributed by atoms with Crippen molar-refractivity contribution in [1.29, 1.82) is 0 Å². The fraction of sp³-hybridized carbons (Fsp3) is 0. The SMILES string of the molecule is Nc1cccc(F)c1NC(=O)c1cc(Br)ccc1O. The molecule has 4 nitrogen and oxygen atoms in total. The highest BCUT2D eigenvalue weighted by atomic mass is 79.9. The van der Waals surface area contributed by atoms with E-state index in [1.807, 2.05) is 0 Å². The molecule has 0 saturated carbocycles. The first-order chi connectivity index (χ1) is 8.99. The molecule has 1 amide bonds. The van der Waals surface area contributed by atoms with Gasteiger partial charge < -0.3 is 16.2 Å². The predicted octanol–water partition coefficient (Wildman–Crippen LogP) is 3.13. The summed E-state index contributed by atoms with van der Waals surface area (Å²) in [6, 6.07) is 8.48. The van der Waals surface area contributed by atoms with Crippen LogP contribution in [0.15, 0.2) is 40.9 Å². The van der Waals surface area contributed by atoms with E-state index in [9.17, 15) is 14.3 Å². The molecule has 0 atom stereocenters. The van der Waals surface area contributed by atoms with Gasteiger partial charge in [-0.3, -0.25) is 4.79 Å². The Bertz CT molecular complexity index is 626. The second-order valence-electron chi connectivity index (χ2n) is 3.82. The number of carbonyl (C=O) groups is 1. The molecular formula is C13H10BrFN2O2. The number of phenolic OH excluding ortho intramolecular Hbond substituents is 1. The Kier molecular flexibility index (Phi) is 3.71. The summed E-state index contributed by atoms with van der Waals surface area (Å²) in [4.78, 5) is 12.0. The molecule has 0 aliphatic heterocycles. The van der Waals surface area contributed by atoms with Crippen molar-refractivity contribution < 1.29 is 14.3 Å². The van der Waals surface area contributed by atoms with Crippen LogP contribution >= 0.6 is 15.9 Å². The van der Waals surface area contributed by atoms with Crippen LogP contribution in [-0.2, 0) is 0 Å². The van der Waals surface area contributed by atoms with Gasteiger partial charge in [0.15, 0.2) is 0 Å². The highest BCUT2D eigenvalue weighted by Crippen LogP contribution is 2.26. The number of nitrogens with one attached hydrogen (secondary N) is 1. The smallest absolute Gasteiger partial charge is 0.259 e. The van der Waals surface area contributed by atoms with Crippen molar-refractivity contribution >= 4 is 33.2 Å². The van der Waals surface area contributed by atoms with Gasteiger partial charge in [-0.05, 0) is 30.3 Å². The summed E-state index contributed by atoms with van der Waals surface area (Å²) >= 11 is 3.19. The average Bonchev–Trinajstić information content (AvgIpc) is 2.37. The third-order valence-corrected chi connectivity index (χ3v) is 2.98. The molecule has 2 rings (SSSR count). The standard InChI is InChI=1S/C13H10BrFN2O2/c14-7-4-5-11(18)8(6-7)13(19)17-12-9(15)2-1-3-10(12)16/h1-6,18H,16H2,(H,17,19). The molecule has 0 aliphatic rings. The molecule has 0 bridgehead atoms. The van der Waals surface area contributed by atoms with E-state index in [-0.39, 0.29) is 22.7 Å². The molecule has 0 fully saturated rings. The lowest BCUT2D eigenvalue weighted by atomic mass is 10.1. The predicted molar refractivity (Wildman–Crippen MR) is 74.6 cm³/mol. The first kappa shape index (κ1) is 13.4. The van der Waals surface area contributed by atoms with Crippen molar-refractivity contribution in [3.05, 3.63) is 52.3 Å². The Hall–Kier alpha value is -2.08. The van der Waals surface area contributed by atoms with E-state index in [0.29, 0.717) is 4.47 Å². The molecule has 0 aliphatic carbocycles. The summed E-state index contributed by atoms with van der Waals surface area (Å²) in [6.07, 6.45) is 0. The Labute approximate surface area is 117 Å². The van der Waals surface area contributed by atoms with E-state index in [1.54, 1.807) is 6.07 Å². The van der Waals surface area contributed by atoms with Gasteiger partial charge >= 0.3 is 0 Å². The zero-order chi connectivity index (χ0) is 14.0. The Morgan fingerprint density at radius 2 is 2.05 bits per heavy atom. The maximum absolute atomic E-state index is 13.5. The van der Waals surface area contributed by atoms with Crippen LogP contribution in [0.4, 0.5) is 15.8 Å². The molecule has 4 N–H and O–H groups in total. The maximum Gasteiger partial charge on any atom is 0.259 e. The second kappa shape index (κ2) is 5.27. The summed E-state index contributed by atoms with van der Waals surface area (Å²) < 4.78 is 14.2. The first-order valence-corrected chi connectivity index (χ1v) is 6.12. The summed E-state index contributed by atoms with van der Waals surface area (Å²) in [5.41, 5.74) is 5.62. The highest BCUT2D eigenvalue weighted by molar-refractivity contribution is 9.10. The fourth-order valence-corrected chi connectivity index (χ4v) is 1.90. The van der Waals surface area contributed by atoms with E-state index in [1.165, 1.54) is 30.3 Å². The number of nitrogens with two attached hydrogens (primary N) is 1. The van der Waals surface area contributed by atoms with Crippen LogP contribution in [0.25, 0.3) is 0 Å². The minimum atomic E-state index is -0.643. The number of anilines is 2. The van der Waals surface area contributed by atoms with Crippen LogP contribution in [0, 0.1) is 5.82 Å². The number of hydrogen-bond donors (Lipinski definition) is 3. The third-order valence-electron chi connectivity index (χ3n) is 2.49. The maximum atomic E-state index is 13.5. The second-order valence-corrected chi connectivity index (χ2v) is 4.74. The molecule has 6 heteroatoms. The largest absolute Gasteiger partial charge is 0.507 e. The number of carbonyl (C=O) groups excluding carboxylic acids is 1. The molecule has 0 unspecified atom stereocenters. The van der Waals surface area contributed by atoms with Gasteiger partial charge in [0, 0.05) is 4.47 Å². The number of aromatic hydroxyl groups is 1. The topological polar surface area (TPSA) is 75.3 Å². The van der Waals surface area contributed by atoms with Gasteiger partial charge in [0.2, 0.25) is 0 Å². The minimum Gasteiger partial charge on any atom is -0.507 e. The summed E-state index contributed by atoms with van der Waals surface area (Å²) in [5, 5.41) is 12.0. The molecular weight excluding hydrogens is 315 g/mol. The van der Waals surface area contributed by atoms with Crippen LogP contribution in [0.2, 0.25) is 0 Å². The first-order valence-electron chi connectivity index (χ1n) is 5.33. The van der Waals surface area contributed by atoms with Crippen molar-refractivity contribution in [2.75, 3.05) is 11.1 Å². The van der Waals surface area contributed by atoms with Crippen molar-refractivity contribution in [2.24, 2.45) is 0 Å². The van der Waals surface area contributed by atoms with Crippen molar-refractivity contribution in [3.8, 4) is 5.75 Å². The molecule has 2 aromatic carbocycles. The normalized spacial score (nSPS) is 10.2. The molecule has 0 heterocycles. The lowest BCUT2D eigenvalue weighted by Gasteiger charge is -2.10. The van der Waals surface area contributed by atoms with E-state index >= 15 is 0 Å². The third kappa shape index (κ3) is 2.85. The van der Waals surface area contributed by atoms with Crippen LogP contribution < -0.4 is 11.1 Å². The van der Waals surface area contributed by atoms with E-state index < -0.39 is 11.7 Å². The summed E-state index contributed by atoms with van der Waals surface area (Å²) in [6.45, 7) is 0. The van der Waals surface area contributed by atoms with E-state index in [2.05, 4.69) is 21.2 Å². The number of nitrogen functional groups attached to an aromatic ring is 1. The van der Waals surface area contributed by atoms with Gasteiger partial charge in [0.1, 0.15) is 17.3 Å². The van der Waals surface area contributed by atoms with Gasteiger partial charge in [0.05, 0.1) is 11.3 Å². The lowest BCUT2D eigenvalue weighted by Crippen LogP contribution is -2.14. The van der Waals surface area contributed by atoms with Gasteiger partial charge in [0.25, 0.3) is 5.91 Å². The van der Waals surface area contributed by atoms with Gasteiger partial charge in [-0.15, -0.1) is 0 Å².